The molecule has 1 saturated heterocycles. The predicted octanol–water partition coefficient (Wildman–Crippen LogP) is 0.559. The third kappa shape index (κ3) is 4.49. The van der Waals surface area contributed by atoms with Gasteiger partial charge in [0.1, 0.15) is 0 Å². The molecule has 1 heterocycles. The highest BCUT2D eigenvalue weighted by atomic mass is 16.3. The second kappa shape index (κ2) is 5.64. The molecule has 4 heteroatoms. The van der Waals surface area contributed by atoms with Crippen LogP contribution in [0.3, 0.4) is 0 Å². The van der Waals surface area contributed by atoms with Gasteiger partial charge in [0.25, 0.3) is 0 Å². The first-order valence-electron chi connectivity index (χ1n) is 6.03. The van der Waals surface area contributed by atoms with E-state index in [1.165, 1.54) is 0 Å². The van der Waals surface area contributed by atoms with Gasteiger partial charge in [-0.25, -0.2) is 0 Å². The molecule has 1 aliphatic heterocycles. The number of amides is 1. The molecule has 1 N–H and O–H groups in total. The molecule has 0 aromatic heterocycles. The Hall–Kier alpha value is -0.610. The zero-order chi connectivity index (χ0) is 12.2. The summed E-state index contributed by atoms with van der Waals surface area (Å²) >= 11 is 0. The lowest BCUT2D eigenvalue weighted by Gasteiger charge is -2.35. The van der Waals surface area contributed by atoms with Crippen LogP contribution in [0.15, 0.2) is 0 Å². The largest absolute Gasteiger partial charge is 0.395 e. The van der Waals surface area contributed by atoms with Crippen LogP contribution in [0.5, 0.6) is 0 Å². The number of aliphatic hydroxyl groups excluding tert-OH is 1. The maximum Gasteiger partial charge on any atom is 0.223 e. The summed E-state index contributed by atoms with van der Waals surface area (Å²) in [6, 6.07) is 0. The van der Waals surface area contributed by atoms with Gasteiger partial charge < -0.3 is 10.0 Å². The minimum Gasteiger partial charge on any atom is -0.395 e. The molecule has 94 valence electrons. The Kier molecular flexibility index (Phi) is 4.74. The van der Waals surface area contributed by atoms with Crippen LogP contribution in [0.4, 0.5) is 0 Å². The summed E-state index contributed by atoms with van der Waals surface area (Å²) in [6.07, 6.45) is 0.618. The standard InChI is InChI=1S/C12H24N2O2/c1-12(2,3)10-11(16)14-6-4-13(5-7-14)8-9-15/h15H,4-10H2,1-3H3. The maximum absolute atomic E-state index is 11.9. The third-order valence-corrected chi connectivity index (χ3v) is 2.82. The second-order valence-corrected chi connectivity index (χ2v) is 5.68. The Bertz CT molecular complexity index is 228. The summed E-state index contributed by atoms with van der Waals surface area (Å²) in [6.45, 7) is 10.6. The summed E-state index contributed by atoms with van der Waals surface area (Å²) in [7, 11) is 0. The molecule has 0 unspecified atom stereocenters. The Labute approximate surface area is 98.2 Å². The molecule has 1 fully saturated rings. The van der Waals surface area contributed by atoms with Gasteiger partial charge in [-0.15, -0.1) is 0 Å². The van der Waals surface area contributed by atoms with E-state index in [2.05, 4.69) is 25.7 Å². The lowest BCUT2D eigenvalue weighted by molar-refractivity contribution is -0.134. The molecule has 0 bridgehead atoms. The molecule has 0 radical (unpaired) electrons. The van der Waals surface area contributed by atoms with Gasteiger partial charge in [-0.2, -0.15) is 0 Å². The summed E-state index contributed by atoms with van der Waals surface area (Å²) < 4.78 is 0. The molecule has 0 spiro atoms. The quantitative estimate of drug-likeness (QED) is 0.767. The summed E-state index contributed by atoms with van der Waals surface area (Å²) in [5, 5.41) is 8.82. The SMILES string of the molecule is CC(C)(C)CC(=O)N1CCN(CCO)CC1. The van der Waals surface area contributed by atoms with Gasteiger partial charge in [0.05, 0.1) is 6.61 Å². The van der Waals surface area contributed by atoms with Crippen LogP contribution in [-0.4, -0.2) is 60.1 Å². The highest BCUT2D eigenvalue weighted by molar-refractivity contribution is 5.76. The van der Waals surface area contributed by atoms with Crippen molar-refractivity contribution in [3.8, 4) is 0 Å². The van der Waals surface area contributed by atoms with Gasteiger partial charge in [-0.05, 0) is 5.41 Å². The van der Waals surface area contributed by atoms with Gasteiger partial charge in [0.2, 0.25) is 5.91 Å². The Balaban J connectivity index is 2.33. The minimum atomic E-state index is 0.0688. The van der Waals surface area contributed by atoms with E-state index in [1.54, 1.807) is 0 Å². The van der Waals surface area contributed by atoms with E-state index < -0.39 is 0 Å². The lowest BCUT2D eigenvalue weighted by Crippen LogP contribution is -2.49. The van der Waals surface area contributed by atoms with E-state index in [4.69, 9.17) is 5.11 Å². The predicted molar refractivity (Wildman–Crippen MR) is 64.2 cm³/mol. The molecule has 1 rings (SSSR count). The third-order valence-electron chi connectivity index (χ3n) is 2.82. The van der Waals surface area contributed by atoms with Crippen molar-refractivity contribution >= 4 is 5.91 Å². The van der Waals surface area contributed by atoms with Crippen LogP contribution in [0.2, 0.25) is 0 Å². The number of carbonyl (C=O) groups is 1. The van der Waals surface area contributed by atoms with Crippen LogP contribution < -0.4 is 0 Å². The van der Waals surface area contributed by atoms with E-state index in [1.807, 2.05) is 4.90 Å². The number of hydrogen-bond acceptors (Lipinski definition) is 3. The van der Waals surface area contributed by atoms with E-state index in [0.29, 0.717) is 6.42 Å². The molecule has 0 atom stereocenters. The Morgan fingerprint density at radius 3 is 2.19 bits per heavy atom. The van der Waals surface area contributed by atoms with Crippen LogP contribution in [0.1, 0.15) is 27.2 Å². The second-order valence-electron chi connectivity index (χ2n) is 5.68. The highest BCUT2D eigenvalue weighted by Crippen LogP contribution is 2.20. The fourth-order valence-corrected chi connectivity index (χ4v) is 1.93. The van der Waals surface area contributed by atoms with Crippen molar-refractivity contribution in [2.24, 2.45) is 5.41 Å². The number of piperazine rings is 1. The molecule has 1 amide bonds. The summed E-state index contributed by atoms with van der Waals surface area (Å²) in [5.41, 5.74) is 0.0688. The van der Waals surface area contributed by atoms with Crippen molar-refractivity contribution in [3.63, 3.8) is 0 Å². The van der Waals surface area contributed by atoms with Crippen molar-refractivity contribution < 1.29 is 9.90 Å². The summed E-state index contributed by atoms with van der Waals surface area (Å²) in [5.74, 6) is 0.260. The zero-order valence-corrected chi connectivity index (χ0v) is 10.7. The minimum absolute atomic E-state index is 0.0688. The number of rotatable bonds is 3. The van der Waals surface area contributed by atoms with Crippen molar-refractivity contribution in [2.45, 2.75) is 27.2 Å². The maximum atomic E-state index is 11.9. The van der Waals surface area contributed by atoms with Gasteiger partial charge in [-0.3, -0.25) is 9.69 Å². The van der Waals surface area contributed by atoms with Gasteiger partial charge >= 0.3 is 0 Å². The number of β-amino-alcohol motifs (C(OH)–C–C–N with tert-alkyl or cyclic N) is 1. The van der Waals surface area contributed by atoms with Crippen LogP contribution in [0.25, 0.3) is 0 Å². The number of nitrogens with zero attached hydrogens (tertiary/aromatic N) is 2. The molecule has 1 aliphatic rings. The average Bonchev–Trinajstić information content (AvgIpc) is 2.16. The first kappa shape index (κ1) is 13.5. The van der Waals surface area contributed by atoms with Crippen molar-refractivity contribution in [3.05, 3.63) is 0 Å². The molecular formula is C12H24N2O2. The number of hydrogen-bond donors (Lipinski definition) is 1. The molecule has 0 saturated carbocycles. The zero-order valence-electron chi connectivity index (χ0n) is 10.7. The fourth-order valence-electron chi connectivity index (χ4n) is 1.93. The Morgan fingerprint density at radius 2 is 1.75 bits per heavy atom. The van der Waals surface area contributed by atoms with Gasteiger partial charge in [-0.1, -0.05) is 20.8 Å². The van der Waals surface area contributed by atoms with E-state index in [-0.39, 0.29) is 17.9 Å². The monoisotopic (exact) mass is 228 g/mol. The first-order chi connectivity index (χ1) is 7.42. The highest BCUT2D eigenvalue weighted by Gasteiger charge is 2.24. The molecule has 0 aromatic carbocycles. The topological polar surface area (TPSA) is 43.8 Å². The molecule has 0 aromatic rings. The van der Waals surface area contributed by atoms with Crippen LogP contribution in [0, 0.1) is 5.41 Å². The summed E-state index contributed by atoms with van der Waals surface area (Å²) in [4.78, 5) is 16.1. The van der Waals surface area contributed by atoms with Crippen molar-refractivity contribution in [2.75, 3.05) is 39.3 Å². The van der Waals surface area contributed by atoms with Gasteiger partial charge in [0, 0.05) is 39.1 Å². The average molecular weight is 228 g/mol. The van der Waals surface area contributed by atoms with Gasteiger partial charge in [0.15, 0.2) is 0 Å². The van der Waals surface area contributed by atoms with Crippen LogP contribution in [-0.2, 0) is 4.79 Å². The smallest absolute Gasteiger partial charge is 0.223 e. The molecule has 0 aliphatic carbocycles. The van der Waals surface area contributed by atoms with Crippen LogP contribution >= 0.6 is 0 Å². The molecule has 16 heavy (non-hydrogen) atoms. The first-order valence-corrected chi connectivity index (χ1v) is 6.03. The Morgan fingerprint density at radius 1 is 1.19 bits per heavy atom. The van der Waals surface area contributed by atoms with E-state index in [0.717, 1.165) is 32.7 Å². The molecule has 4 nitrogen and oxygen atoms in total. The van der Waals surface area contributed by atoms with E-state index in [9.17, 15) is 4.79 Å². The number of carbonyl (C=O) groups excluding carboxylic acids is 1. The normalized spacial score (nSPS) is 18.9. The van der Waals surface area contributed by atoms with E-state index >= 15 is 0 Å². The fraction of sp³-hybridized carbons (Fsp3) is 0.917. The van der Waals surface area contributed by atoms with Crippen molar-refractivity contribution in [1.29, 1.82) is 0 Å². The lowest BCUT2D eigenvalue weighted by atomic mass is 9.91. The number of aliphatic hydroxyl groups is 1. The van der Waals surface area contributed by atoms with Crippen molar-refractivity contribution in [1.82, 2.24) is 9.80 Å². The molecular weight excluding hydrogens is 204 g/mol.